The second-order valence-electron chi connectivity index (χ2n) is 6.79. The average molecular weight is 387 g/mol. The van der Waals surface area contributed by atoms with Crippen LogP contribution in [0.15, 0.2) is 36.7 Å². The molecule has 8 heteroatoms. The van der Waals surface area contributed by atoms with Gasteiger partial charge >= 0.3 is 6.09 Å². The summed E-state index contributed by atoms with van der Waals surface area (Å²) in [5.74, 6) is 0.696. The van der Waals surface area contributed by atoms with Crippen molar-refractivity contribution < 1.29 is 14.6 Å². The highest BCUT2D eigenvalue weighted by atomic mass is 35.5. The zero-order valence-corrected chi connectivity index (χ0v) is 15.6. The van der Waals surface area contributed by atoms with Gasteiger partial charge in [0.2, 0.25) is 5.65 Å². The first kappa shape index (κ1) is 17.6. The van der Waals surface area contributed by atoms with Crippen molar-refractivity contribution >= 4 is 23.3 Å². The lowest BCUT2D eigenvalue weighted by Gasteiger charge is -2.15. The van der Waals surface area contributed by atoms with E-state index in [1.165, 1.54) is 10.5 Å². The third kappa shape index (κ3) is 3.42. The number of hydrogen-bond acceptors (Lipinski definition) is 4. The summed E-state index contributed by atoms with van der Waals surface area (Å²) in [6, 6.07) is 9.83. The number of ether oxygens (including phenoxy) is 1. The third-order valence-corrected chi connectivity index (χ3v) is 5.14. The molecule has 0 aliphatic carbocycles. The van der Waals surface area contributed by atoms with Crippen LogP contribution in [0.3, 0.4) is 0 Å². The molecular weight excluding hydrogens is 368 g/mol. The van der Waals surface area contributed by atoms with E-state index < -0.39 is 6.09 Å². The van der Waals surface area contributed by atoms with Crippen LogP contribution in [-0.4, -0.2) is 50.4 Å². The lowest BCUT2D eigenvalue weighted by molar-refractivity contribution is 0.151. The number of fused-ring (bicyclic) bond motifs is 1. The van der Waals surface area contributed by atoms with Crippen molar-refractivity contribution in [1.82, 2.24) is 19.5 Å². The molecule has 1 saturated heterocycles. The van der Waals surface area contributed by atoms with E-state index in [1.807, 2.05) is 35.6 Å². The van der Waals surface area contributed by atoms with Crippen molar-refractivity contribution in [3.05, 3.63) is 47.2 Å². The Labute approximate surface area is 161 Å². The number of aryl methyl sites for hydroxylation is 1. The number of halogens is 1. The monoisotopic (exact) mass is 386 g/mol. The van der Waals surface area contributed by atoms with Crippen LogP contribution in [0.5, 0.6) is 5.75 Å². The maximum absolute atomic E-state index is 11.0. The maximum Gasteiger partial charge on any atom is 0.407 e. The molecule has 1 aliphatic heterocycles. The number of hydrogen-bond donors (Lipinski definition) is 1. The number of nitrogens with zero attached hydrogens (tertiary/aromatic N) is 4. The topological polar surface area (TPSA) is 80.0 Å². The van der Waals surface area contributed by atoms with Crippen molar-refractivity contribution in [2.24, 2.45) is 5.92 Å². The second-order valence-corrected chi connectivity index (χ2v) is 7.20. The minimum atomic E-state index is -0.886. The van der Waals surface area contributed by atoms with Gasteiger partial charge in [-0.1, -0.05) is 41.4 Å². The fourth-order valence-electron chi connectivity index (χ4n) is 3.37. The molecule has 1 aromatic carbocycles. The smallest absolute Gasteiger partial charge is 0.407 e. The quantitative estimate of drug-likeness (QED) is 0.738. The molecule has 7 nitrogen and oxygen atoms in total. The van der Waals surface area contributed by atoms with E-state index in [4.69, 9.17) is 21.4 Å². The first-order valence-electron chi connectivity index (χ1n) is 8.73. The number of carbonyl (C=O) groups is 1. The number of pyridine rings is 1. The minimum Gasteiger partial charge on any atom is -0.489 e. The molecule has 1 fully saturated rings. The lowest BCUT2D eigenvalue weighted by atomic mass is 10.1. The number of carboxylic acid groups (broad SMARTS) is 1. The number of likely N-dealkylation sites (tertiary alicyclic amines) is 1. The number of amides is 1. The summed E-state index contributed by atoms with van der Waals surface area (Å²) in [5.41, 5.74) is 3.53. The standard InChI is InChI=1S/C19H19ClN4O3/c1-12-2-4-14(5-3-12)17-15(20)8-16(18-22-21-11-24(17)18)27-10-13-6-7-23(9-13)19(25)26/h2-5,8,11,13H,6-7,9-10H2,1H3,(H,25,26)/t13-/m1/s1. The van der Waals surface area contributed by atoms with Gasteiger partial charge in [-0.3, -0.25) is 4.40 Å². The predicted octanol–water partition coefficient (Wildman–Crippen LogP) is 3.74. The molecule has 1 atom stereocenters. The van der Waals surface area contributed by atoms with E-state index in [0.29, 0.717) is 36.1 Å². The summed E-state index contributed by atoms with van der Waals surface area (Å²) >= 11 is 6.56. The molecule has 0 saturated carbocycles. The van der Waals surface area contributed by atoms with Crippen LogP contribution in [0.4, 0.5) is 4.79 Å². The van der Waals surface area contributed by atoms with Crippen LogP contribution < -0.4 is 4.74 Å². The zero-order chi connectivity index (χ0) is 19.0. The van der Waals surface area contributed by atoms with Gasteiger partial charge in [0.15, 0.2) is 5.75 Å². The van der Waals surface area contributed by atoms with E-state index >= 15 is 0 Å². The molecule has 2 aromatic heterocycles. The van der Waals surface area contributed by atoms with E-state index in [-0.39, 0.29) is 5.92 Å². The summed E-state index contributed by atoms with van der Waals surface area (Å²) < 4.78 is 7.77. The average Bonchev–Trinajstić information content (AvgIpc) is 3.30. The normalized spacial score (nSPS) is 16.8. The van der Waals surface area contributed by atoms with Gasteiger partial charge in [0.1, 0.15) is 6.33 Å². The molecule has 3 heterocycles. The highest BCUT2D eigenvalue weighted by Gasteiger charge is 2.27. The molecular formula is C19H19ClN4O3. The Morgan fingerprint density at radius 3 is 2.85 bits per heavy atom. The van der Waals surface area contributed by atoms with E-state index in [2.05, 4.69) is 10.2 Å². The van der Waals surface area contributed by atoms with E-state index in [9.17, 15) is 4.79 Å². The van der Waals surface area contributed by atoms with Gasteiger partial charge in [0.05, 0.1) is 17.3 Å². The highest BCUT2D eigenvalue weighted by Crippen LogP contribution is 2.34. The summed E-state index contributed by atoms with van der Waals surface area (Å²) in [5, 5.41) is 17.8. The van der Waals surface area contributed by atoms with Crippen LogP contribution in [0.2, 0.25) is 5.02 Å². The summed E-state index contributed by atoms with van der Waals surface area (Å²) in [6.45, 7) is 3.46. The highest BCUT2D eigenvalue weighted by molar-refractivity contribution is 6.33. The molecule has 27 heavy (non-hydrogen) atoms. The maximum atomic E-state index is 11.0. The molecule has 0 unspecified atom stereocenters. The SMILES string of the molecule is Cc1ccc(-c2c(Cl)cc(OC[C@@H]3CCN(C(=O)O)C3)c3nncn23)cc1. The Hall–Kier alpha value is -2.80. The predicted molar refractivity (Wildman–Crippen MR) is 101 cm³/mol. The number of benzene rings is 1. The van der Waals surface area contributed by atoms with Crippen LogP contribution in [0, 0.1) is 12.8 Å². The Morgan fingerprint density at radius 2 is 2.15 bits per heavy atom. The molecule has 140 valence electrons. The van der Waals surface area contributed by atoms with Gasteiger partial charge in [-0.05, 0) is 13.3 Å². The van der Waals surface area contributed by atoms with Crippen LogP contribution >= 0.6 is 11.6 Å². The van der Waals surface area contributed by atoms with Crippen LogP contribution in [0.25, 0.3) is 16.9 Å². The van der Waals surface area contributed by atoms with Crippen molar-refractivity contribution in [2.75, 3.05) is 19.7 Å². The Kier molecular flexibility index (Phi) is 4.61. The van der Waals surface area contributed by atoms with Gasteiger partial charge in [-0.15, -0.1) is 10.2 Å². The molecule has 3 aromatic rings. The van der Waals surface area contributed by atoms with Gasteiger partial charge in [0.25, 0.3) is 0 Å². The fraction of sp³-hybridized carbons (Fsp3) is 0.316. The van der Waals surface area contributed by atoms with Crippen molar-refractivity contribution in [3.63, 3.8) is 0 Å². The van der Waals surface area contributed by atoms with Crippen LogP contribution in [0.1, 0.15) is 12.0 Å². The number of rotatable bonds is 4. The van der Waals surface area contributed by atoms with Crippen LogP contribution in [-0.2, 0) is 0 Å². The first-order valence-corrected chi connectivity index (χ1v) is 9.10. The molecule has 1 N–H and O–H groups in total. The Balaban J connectivity index is 1.60. The first-order chi connectivity index (χ1) is 13.0. The van der Waals surface area contributed by atoms with Crippen molar-refractivity contribution in [3.8, 4) is 17.0 Å². The molecule has 1 aliphatic rings. The van der Waals surface area contributed by atoms with Gasteiger partial charge in [-0.25, -0.2) is 4.79 Å². The summed E-state index contributed by atoms with van der Waals surface area (Å²) in [6.07, 6.45) is 1.51. The van der Waals surface area contributed by atoms with Gasteiger partial charge in [-0.2, -0.15) is 0 Å². The molecule has 0 spiro atoms. The van der Waals surface area contributed by atoms with Crippen molar-refractivity contribution in [1.29, 1.82) is 0 Å². The van der Waals surface area contributed by atoms with E-state index in [0.717, 1.165) is 17.7 Å². The largest absolute Gasteiger partial charge is 0.489 e. The Morgan fingerprint density at radius 1 is 1.37 bits per heavy atom. The third-order valence-electron chi connectivity index (χ3n) is 4.85. The summed E-state index contributed by atoms with van der Waals surface area (Å²) in [7, 11) is 0. The number of aromatic nitrogens is 3. The van der Waals surface area contributed by atoms with E-state index in [1.54, 1.807) is 12.4 Å². The molecule has 0 radical (unpaired) electrons. The second kappa shape index (κ2) is 7.08. The van der Waals surface area contributed by atoms with Gasteiger partial charge < -0.3 is 14.7 Å². The Bertz CT molecular complexity index is 987. The minimum absolute atomic E-state index is 0.152. The molecule has 0 bridgehead atoms. The van der Waals surface area contributed by atoms with Crippen molar-refractivity contribution in [2.45, 2.75) is 13.3 Å². The zero-order valence-electron chi connectivity index (χ0n) is 14.8. The summed E-state index contributed by atoms with van der Waals surface area (Å²) in [4.78, 5) is 12.5. The fourth-order valence-corrected chi connectivity index (χ4v) is 3.67. The lowest BCUT2D eigenvalue weighted by Crippen LogP contribution is -2.27. The molecule has 1 amide bonds. The van der Waals surface area contributed by atoms with Gasteiger partial charge in [0, 0.05) is 30.6 Å². The molecule has 4 rings (SSSR count).